The fraction of sp³-hybridized carbons (Fsp3) is 0.839. The van der Waals surface area contributed by atoms with Gasteiger partial charge in [0.25, 0.3) is 0 Å². The van der Waals surface area contributed by atoms with E-state index in [-0.39, 0.29) is 22.9 Å². The van der Waals surface area contributed by atoms with Crippen molar-refractivity contribution in [2.75, 3.05) is 0 Å². The Balaban J connectivity index is 1.52. The number of allylic oxidation sites excluding steroid dienone is 3. The molecule has 33 heavy (non-hydrogen) atoms. The van der Waals surface area contributed by atoms with Gasteiger partial charge in [0.1, 0.15) is 6.10 Å². The fourth-order valence-electron chi connectivity index (χ4n) is 8.87. The summed E-state index contributed by atoms with van der Waals surface area (Å²) in [6.45, 7) is 21.1. The molecule has 0 bridgehead atoms. The maximum absolute atomic E-state index is 11.5. The quantitative estimate of drug-likeness (QED) is 0.389. The van der Waals surface area contributed by atoms with E-state index in [0.717, 1.165) is 42.9 Å². The summed E-state index contributed by atoms with van der Waals surface area (Å²) >= 11 is 0. The van der Waals surface area contributed by atoms with Crippen LogP contribution in [0.4, 0.5) is 0 Å². The van der Waals surface area contributed by atoms with Crippen LogP contribution in [-0.4, -0.2) is 12.1 Å². The lowest BCUT2D eigenvalue weighted by Gasteiger charge is -2.57. The number of carbonyl (C=O) groups excluding carboxylic acids is 1. The molecule has 4 rings (SSSR count). The summed E-state index contributed by atoms with van der Waals surface area (Å²) in [5, 5.41) is 0. The standard InChI is InChI=1S/C31H50O2/c1-20(10-9-16-29(4,5)6)26-13-14-27-25-12-11-23-19-24(33-22(3)32)15-17-30(23,7)28(25)18-21(2)31(26,27)8/h18,20,23-27H,2,9-17,19H2,1,3-8H3/t20-,23+,24+,25?,26?,27?,30+,31-/m1/s1. The summed E-state index contributed by atoms with van der Waals surface area (Å²) in [5.41, 5.74) is 4.12. The average molecular weight is 455 g/mol. The molecule has 186 valence electrons. The van der Waals surface area contributed by atoms with Gasteiger partial charge in [-0.2, -0.15) is 0 Å². The zero-order chi connectivity index (χ0) is 24.2. The van der Waals surface area contributed by atoms with E-state index < -0.39 is 0 Å². The zero-order valence-corrected chi connectivity index (χ0v) is 22.6. The van der Waals surface area contributed by atoms with Gasteiger partial charge in [0.2, 0.25) is 0 Å². The lowest BCUT2D eigenvalue weighted by atomic mass is 9.47. The maximum Gasteiger partial charge on any atom is 0.302 e. The van der Waals surface area contributed by atoms with E-state index in [9.17, 15) is 4.79 Å². The van der Waals surface area contributed by atoms with Crippen molar-refractivity contribution in [3.8, 4) is 0 Å². The summed E-state index contributed by atoms with van der Waals surface area (Å²) in [5.74, 6) is 3.58. The number of fused-ring (bicyclic) bond motifs is 5. The number of rotatable bonds is 5. The molecule has 4 aliphatic rings. The minimum absolute atomic E-state index is 0.119. The van der Waals surface area contributed by atoms with Crippen molar-refractivity contribution in [2.45, 2.75) is 119 Å². The van der Waals surface area contributed by atoms with Gasteiger partial charge >= 0.3 is 5.97 Å². The first-order chi connectivity index (χ1) is 15.4. The molecule has 0 saturated heterocycles. The average Bonchev–Trinajstić information content (AvgIpc) is 3.06. The van der Waals surface area contributed by atoms with E-state index in [1.54, 1.807) is 12.5 Å². The molecule has 0 aromatic carbocycles. The second kappa shape index (κ2) is 8.87. The van der Waals surface area contributed by atoms with Gasteiger partial charge in [0.05, 0.1) is 0 Å². The molecule has 0 N–H and O–H groups in total. The molecule has 3 unspecified atom stereocenters. The largest absolute Gasteiger partial charge is 0.463 e. The molecule has 0 amide bonds. The molecule has 0 aromatic rings. The van der Waals surface area contributed by atoms with Crippen LogP contribution in [-0.2, 0) is 9.53 Å². The highest BCUT2D eigenvalue weighted by atomic mass is 16.5. The van der Waals surface area contributed by atoms with Gasteiger partial charge < -0.3 is 4.74 Å². The molecule has 8 atom stereocenters. The van der Waals surface area contributed by atoms with Crippen LogP contribution in [0.5, 0.6) is 0 Å². The van der Waals surface area contributed by atoms with Crippen molar-refractivity contribution in [1.82, 2.24) is 0 Å². The Morgan fingerprint density at radius 1 is 1.18 bits per heavy atom. The third-order valence-electron chi connectivity index (χ3n) is 10.8. The SMILES string of the molecule is C=C1C=C2C(CC[C@H]3C[C@@H](OC(C)=O)CC[C@]23C)C2CCC([C@H](C)CCCC(C)(C)C)[C@@]12C. The lowest BCUT2D eigenvalue weighted by Crippen LogP contribution is -2.49. The molecular weight excluding hydrogens is 404 g/mol. The van der Waals surface area contributed by atoms with Crippen LogP contribution in [0.1, 0.15) is 113 Å². The molecular formula is C31H50O2. The zero-order valence-electron chi connectivity index (χ0n) is 22.6. The number of carbonyl (C=O) groups is 1. The van der Waals surface area contributed by atoms with Gasteiger partial charge in [-0.1, -0.05) is 72.6 Å². The van der Waals surface area contributed by atoms with Crippen molar-refractivity contribution >= 4 is 5.97 Å². The summed E-state index contributed by atoms with van der Waals surface area (Å²) in [4.78, 5) is 11.5. The smallest absolute Gasteiger partial charge is 0.302 e. The summed E-state index contributed by atoms with van der Waals surface area (Å²) < 4.78 is 5.65. The van der Waals surface area contributed by atoms with E-state index in [0.29, 0.717) is 11.3 Å². The van der Waals surface area contributed by atoms with Crippen molar-refractivity contribution in [2.24, 2.45) is 45.8 Å². The summed E-state index contributed by atoms with van der Waals surface area (Å²) in [7, 11) is 0. The molecule has 0 aromatic heterocycles. The predicted octanol–water partition coefficient (Wildman–Crippen LogP) is 8.52. The lowest BCUT2D eigenvalue weighted by molar-refractivity contribution is -0.151. The number of ether oxygens (including phenoxy) is 1. The Hall–Kier alpha value is -1.05. The van der Waals surface area contributed by atoms with Gasteiger partial charge in [-0.25, -0.2) is 0 Å². The first-order valence-corrected chi connectivity index (χ1v) is 13.9. The molecule has 0 aliphatic heterocycles. The third-order valence-corrected chi connectivity index (χ3v) is 10.8. The van der Waals surface area contributed by atoms with Gasteiger partial charge in [0, 0.05) is 6.92 Å². The third kappa shape index (κ3) is 4.50. The Bertz CT molecular complexity index is 800. The number of hydrogen-bond acceptors (Lipinski definition) is 2. The highest BCUT2D eigenvalue weighted by Gasteiger charge is 2.59. The Morgan fingerprint density at radius 2 is 1.91 bits per heavy atom. The van der Waals surface area contributed by atoms with Crippen LogP contribution in [0, 0.1) is 45.8 Å². The number of hydrogen-bond donors (Lipinski definition) is 0. The highest BCUT2D eigenvalue weighted by molar-refractivity contribution is 5.66. The molecule has 0 radical (unpaired) electrons. The second-order valence-corrected chi connectivity index (χ2v) is 13.9. The van der Waals surface area contributed by atoms with Crippen molar-refractivity contribution in [3.63, 3.8) is 0 Å². The first kappa shape index (κ1) is 25.1. The summed E-state index contributed by atoms with van der Waals surface area (Å²) in [6.07, 6.45) is 15.3. The number of esters is 1. The fourth-order valence-corrected chi connectivity index (χ4v) is 8.87. The van der Waals surface area contributed by atoms with Crippen molar-refractivity contribution in [1.29, 1.82) is 0 Å². The van der Waals surface area contributed by atoms with Gasteiger partial charge in [-0.3, -0.25) is 4.79 Å². The monoisotopic (exact) mass is 454 g/mol. The normalized spacial score (nSPS) is 41.5. The van der Waals surface area contributed by atoms with E-state index in [2.05, 4.69) is 47.6 Å². The molecule has 3 fully saturated rings. The summed E-state index contributed by atoms with van der Waals surface area (Å²) in [6, 6.07) is 0. The topological polar surface area (TPSA) is 26.3 Å². The van der Waals surface area contributed by atoms with E-state index in [4.69, 9.17) is 11.3 Å². The Kier molecular flexibility index (Phi) is 6.73. The van der Waals surface area contributed by atoms with E-state index in [1.807, 2.05) is 0 Å². The van der Waals surface area contributed by atoms with Crippen LogP contribution in [0.25, 0.3) is 0 Å². The van der Waals surface area contributed by atoms with Crippen LogP contribution < -0.4 is 0 Å². The van der Waals surface area contributed by atoms with E-state index >= 15 is 0 Å². The van der Waals surface area contributed by atoms with Crippen LogP contribution >= 0.6 is 0 Å². The van der Waals surface area contributed by atoms with Crippen LogP contribution in [0.15, 0.2) is 23.8 Å². The molecule has 0 spiro atoms. The first-order valence-electron chi connectivity index (χ1n) is 13.9. The predicted molar refractivity (Wildman–Crippen MR) is 138 cm³/mol. The minimum atomic E-state index is -0.119. The van der Waals surface area contributed by atoms with Crippen molar-refractivity contribution < 1.29 is 9.53 Å². The Morgan fingerprint density at radius 3 is 2.58 bits per heavy atom. The highest BCUT2D eigenvalue weighted by Crippen LogP contribution is 2.67. The van der Waals surface area contributed by atoms with Gasteiger partial charge in [0.15, 0.2) is 0 Å². The molecule has 3 saturated carbocycles. The second-order valence-electron chi connectivity index (χ2n) is 13.9. The molecule has 2 heteroatoms. The molecule has 2 nitrogen and oxygen atoms in total. The maximum atomic E-state index is 11.5. The van der Waals surface area contributed by atoms with Crippen LogP contribution in [0.2, 0.25) is 0 Å². The van der Waals surface area contributed by atoms with Crippen molar-refractivity contribution in [3.05, 3.63) is 23.8 Å². The van der Waals surface area contributed by atoms with Gasteiger partial charge in [-0.15, -0.1) is 0 Å². The molecule has 4 aliphatic carbocycles. The minimum Gasteiger partial charge on any atom is -0.463 e. The Labute approximate surface area is 204 Å². The molecule has 0 heterocycles. The van der Waals surface area contributed by atoms with Gasteiger partial charge in [-0.05, 0) is 103 Å². The van der Waals surface area contributed by atoms with E-state index in [1.165, 1.54) is 50.5 Å². The van der Waals surface area contributed by atoms with Crippen LogP contribution in [0.3, 0.4) is 0 Å².